The number of ether oxygens (including phenoxy) is 2. The molecular formula is C23H28N2O5. The second-order valence-electron chi connectivity index (χ2n) is 7.91. The van der Waals surface area contributed by atoms with Crippen LogP contribution in [0.25, 0.3) is 0 Å². The molecule has 1 aromatic carbocycles. The van der Waals surface area contributed by atoms with Crippen molar-refractivity contribution in [3.05, 3.63) is 57.9 Å². The summed E-state index contributed by atoms with van der Waals surface area (Å²) in [5.74, 6) is -1.40. The average molecular weight is 412 g/mol. The molecule has 2 heterocycles. The van der Waals surface area contributed by atoms with Gasteiger partial charge in [-0.05, 0) is 57.7 Å². The molecule has 1 aromatic heterocycles. The van der Waals surface area contributed by atoms with Crippen LogP contribution in [0.1, 0.15) is 64.0 Å². The van der Waals surface area contributed by atoms with E-state index in [0.717, 1.165) is 12.0 Å². The maximum absolute atomic E-state index is 12.8. The zero-order valence-corrected chi connectivity index (χ0v) is 18.1. The molecule has 1 aliphatic heterocycles. The van der Waals surface area contributed by atoms with Gasteiger partial charge >= 0.3 is 11.9 Å². The zero-order valence-electron chi connectivity index (χ0n) is 18.1. The number of aromatic nitrogens is 1. The van der Waals surface area contributed by atoms with Crippen molar-refractivity contribution in [2.24, 2.45) is 0 Å². The van der Waals surface area contributed by atoms with Crippen LogP contribution in [0.4, 0.5) is 0 Å². The number of nitrogens with zero attached hydrogens (tertiary/aromatic N) is 1. The number of fused-ring (bicyclic) bond motifs is 1. The smallest absolute Gasteiger partial charge is 0.355 e. The minimum absolute atomic E-state index is 0.159. The van der Waals surface area contributed by atoms with E-state index in [-0.39, 0.29) is 17.7 Å². The highest BCUT2D eigenvalue weighted by Crippen LogP contribution is 2.22. The Labute approximate surface area is 176 Å². The molecule has 0 saturated carbocycles. The lowest BCUT2D eigenvalue weighted by atomic mass is 9.99. The summed E-state index contributed by atoms with van der Waals surface area (Å²) in [7, 11) is 0. The maximum Gasteiger partial charge on any atom is 0.355 e. The molecule has 1 amide bonds. The van der Waals surface area contributed by atoms with Crippen LogP contribution in [0.3, 0.4) is 0 Å². The Balaban J connectivity index is 1.69. The summed E-state index contributed by atoms with van der Waals surface area (Å²) in [6, 6.07) is 8.02. The Bertz CT molecular complexity index is 976. The lowest BCUT2D eigenvalue weighted by molar-refractivity contribution is -0.140. The number of carbonyl (C=O) groups is 3. The van der Waals surface area contributed by atoms with E-state index in [1.54, 1.807) is 39.5 Å². The number of rotatable bonds is 5. The summed E-state index contributed by atoms with van der Waals surface area (Å²) in [5.41, 5.74) is 3.81. The number of benzene rings is 1. The SMILES string of the molecule is Cc1[nH]c(C(=O)O[C@H](C)C(=O)N2CCc3ccccc3C2)c(C)c1C(=O)OC(C)C. The number of amides is 1. The fourth-order valence-corrected chi connectivity index (χ4v) is 3.74. The van der Waals surface area contributed by atoms with Crippen LogP contribution >= 0.6 is 0 Å². The molecule has 0 fully saturated rings. The van der Waals surface area contributed by atoms with Crippen LogP contribution in [0.2, 0.25) is 0 Å². The number of aryl methyl sites for hydroxylation is 1. The van der Waals surface area contributed by atoms with Crippen molar-refractivity contribution in [2.45, 2.75) is 59.8 Å². The van der Waals surface area contributed by atoms with Crippen molar-refractivity contribution in [3.63, 3.8) is 0 Å². The zero-order chi connectivity index (χ0) is 22.0. The number of hydrogen-bond donors (Lipinski definition) is 1. The number of esters is 2. The molecule has 160 valence electrons. The van der Waals surface area contributed by atoms with E-state index in [1.807, 2.05) is 18.2 Å². The van der Waals surface area contributed by atoms with Crippen molar-refractivity contribution in [3.8, 4) is 0 Å². The summed E-state index contributed by atoms with van der Waals surface area (Å²) in [6.45, 7) is 9.53. The van der Waals surface area contributed by atoms with Gasteiger partial charge < -0.3 is 19.4 Å². The van der Waals surface area contributed by atoms with Gasteiger partial charge in [0.15, 0.2) is 6.10 Å². The molecule has 1 atom stereocenters. The van der Waals surface area contributed by atoms with Gasteiger partial charge in [0.2, 0.25) is 0 Å². The second-order valence-corrected chi connectivity index (χ2v) is 7.91. The Morgan fingerprint density at radius 2 is 1.67 bits per heavy atom. The largest absolute Gasteiger partial charge is 0.459 e. The Hall–Kier alpha value is -3.09. The minimum atomic E-state index is -0.933. The van der Waals surface area contributed by atoms with Gasteiger partial charge in [0.05, 0.1) is 11.7 Å². The highest BCUT2D eigenvalue weighted by molar-refractivity contribution is 5.99. The predicted octanol–water partition coefficient (Wildman–Crippen LogP) is 3.33. The molecule has 0 radical (unpaired) electrons. The van der Waals surface area contributed by atoms with Crippen molar-refractivity contribution in [1.29, 1.82) is 0 Å². The molecular weight excluding hydrogens is 384 g/mol. The molecule has 0 aliphatic carbocycles. The quantitative estimate of drug-likeness (QED) is 0.761. The molecule has 7 heteroatoms. The molecule has 30 heavy (non-hydrogen) atoms. The van der Waals surface area contributed by atoms with Gasteiger partial charge in [-0.2, -0.15) is 0 Å². The first-order valence-corrected chi connectivity index (χ1v) is 10.2. The fourth-order valence-electron chi connectivity index (χ4n) is 3.74. The minimum Gasteiger partial charge on any atom is -0.459 e. The first-order chi connectivity index (χ1) is 14.2. The van der Waals surface area contributed by atoms with Gasteiger partial charge in [0.25, 0.3) is 5.91 Å². The Morgan fingerprint density at radius 3 is 2.33 bits per heavy atom. The van der Waals surface area contributed by atoms with Gasteiger partial charge in [-0.3, -0.25) is 4.79 Å². The third-order valence-electron chi connectivity index (χ3n) is 5.26. The molecule has 1 N–H and O–H groups in total. The second kappa shape index (κ2) is 8.73. The van der Waals surface area contributed by atoms with Crippen LogP contribution < -0.4 is 0 Å². The highest BCUT2D eigenvalue weighted by atomic mass is 16.6. The topological polar surface area (TPSA) is 88.7 Å². The van der Waals surface area contributed by atoms with E-state index >= 15 is 0 Å². The van der Waals surface area contributed by atoms with E-state index in [9.17, 15) is 14.4 Å². The number of carbonyl (C=O) groups excluding carboxylic acids is 3. The molecule has 1 aliphatic rings. The van der Waals surface area contributed by atoms with Gasteiger partial charge in [-0.1, -0.05) is 24.3 Å². The van der Waals surface area contributed by atoms with E-state index in [2.05, 4.69) is 11.1 Å². The maximum atomic E-state index is 12.8. The van der Waals surface area contributed by atoms with Crippen molar-refractivity contribution in [2.75, 3.05) is 6.54 Å². The van der Waals surface area contributed by atoms with Crippen LogP contribution in [-0.4, -0.2) is 46.5 Å². The lowest BCUT2D eigenvalue weighted by Crippen LogP contribution is -2.42. The number of aromatic amines is 1. The lowest BCUT2D eigenvalue weighted by Gasteiger charge is -2.30. The Morgan fingerprint density at radius 1 is 1.00 bits per heavy atom. The normalized spacial score (nSPS) is 14.3. The van der Waals surface area contributed by atoms with Crippen LogP contribution in [-0.2, 0) is 27.2 Å². The van der Waals surface area contributed by atoms with Crippen molar-refractivity contribution >= 4 is 17.8 Å². The molecule has 0 spiro atoms. The molecule has 0 unspecified atom stereocenters. The molecule has 0 saturated heterocycles. The summed E-state index contributed by atoms with van der Waals surface area (Å²) >= 11 is 0. The van der Waals surface area contributed by atoms with Gasteiger partial charge in [0.1, 0.15) is 5.69 Å². The van der Waals surface area contributed by atoms with E-state index in [0.29, 0.717) is 29.9 Å². The van der Waals surface area contributed by atoms with Crippen LogP contribution in [0.15, 0.2) is 24.3 Å². The fraction of sp³-hybridized carbons (Fsp3) is 0.435. The molecule has 7 nitrogen and oxygen atoms in total. The summed E-state index contributed by atoms with van der Waals surface area (Å²) in [6.07, 6.45) is -0.426. The Kier molecular flexibility index (Phi) is 6.29. The van der Waals surface area contributed by atoms with E-state index in [4.69, 9.17) is 9.47 Å². The molecule has 0 bridgehead atoms. The number of hydrogen-bond acceptors (Lipinski definition) is 5. The van der Waals surface area contributed by atoms with E-state index in [1.165, 1.54) is 5.56 Å². The summed E-state index contributed by atoms with van der Waals surface area (Å²) < 4.78 is 10.7. The van der Waals surface area contributed by atoms with Crippen molar-refractivity contribution < 1.29 is 23.9 Å². The number of H-pyrrole nitrogens is 1. The van der Waals surface area contributed by atoms with Crippen LogP contribution in [0.5, 0.6) is 0 Å². The van der Waals surface area contributed by atoms with Gasteiger partial charge in [0, 0.05) is 18.8 Å². The standard InChI is InChI=1S/C23H28N2O5/c1-13(2)29-22(27)19-14(3)20(24-15(19)4)23(28)30-16(5)21(26)25-11-10-17-8-6-7-9-18(17)12-25/h6-9,13,16,24H,10-12H2,1-5H3/t16-/m1/s1. The first kappa shape index (κ1) is 21.6. The van der Waals surface area contributed by atoms with Crippen LogP contribution in [0, 0.1) is 13.8 Å². The first-order valence-electron chi connectivity index (χ1n) is 10.2. The van der Waals surface area contributed by atoms with E-state index < -0.39 is 18.0 Å². The van der Waals surface area contributed by atoms with Crippen molar-refractivity contribution in [1.82, 2.24) is 9.88 Å². The summed E-state index contributed by atoms with van der Waals surface area (Å²) in [4.78, 5) is 42.4. The van der Waals surface area contributed by atoms with Gasteiger partial charge in [-0.25, -0.2) is 9.59 Å². The number of nitrogens with one attached hydrogen (secondary N) is 1. The third kappa shape index (κ3) is 4.40. The highest BCUT2D eigenvalue weighted by Gasteiger charge is 2.30. The molecule has 3 rings (SSSR count). The molecule has 2 aromatic rings. The average Bonchev–Trinajstić information content (AvgIpc) is 3.00. The van der Waals surface area contributed by atoms with Gasteiger partial charge in [-0.15, -0.1) is 0 Å². The predicted molar refractivity (Wildman–Crippen MR) is 111 cm³/mol. The monoisotopic (exact) mass is 412 g/mol. The summed E-state index contributed by atoms with van der Waals surface area (Å²) in [5, 5.41) is 0. The third-order valence-corrected chi connectivity index (χ3v) is 5.26.